The molecular weight excluding hydrogens is 364 g/mol. The van der Waals surface area contributed by atoms with Gasteiger partial charge in [0.15, 0.2) is 11.5 Å². The molecule has 0 atom stereocenters. The van der Waals surface area contributed by atoms with Gasteiger partial charge in [0.25, 0.3) is 15.9 Å². The van der Waals surface area contributed by atoms with Crippen LogP contribution >= 0.6 is 11.3 Å². The van der Waals surface area contributed by atoms with Gasteiger partial charge in [0.2, 0.25) is 0 Å². The van der Waals surface area contributed by atoms with Crippen molar-refractivity contribution < 1.29 is 22.7 Å². The molecule has 9 heteroatoms. The van der Waals surface area contributed by atoms with Crippen LogP contribution in [0.25, 0.3) is 0 Å². The van der Waals surface area contributed by atoms with Crippen molar-refractivity contribution in [1.29, 1.82) is 0 Å². The lowest BCUT2D eigenvalue weighted by molar-refractivity contribution is 0.0949. The third kappa shape index (κ3) is 3.63. The molecule has 0 spiro atoms. The molecule has 2 aromatic rings. The highest BCUT2D eigenvalue weighted by molar-refractivity contribution is 7.89. The monoisotopic (exact) mass is 382 g/mol. The summed E-state index contributed by atoms with van der Waals surface area (Å²) in [4.78, 5) is 15.9. The van der Waals surface area contributed by atoms with Crippen LogP contribution in [0.2, 0.25) is 0 Å². The zero-order valence-corrected chi connectivity index (χ0v) is 15.4. The summed E-state index contributed by atoms with van der Waals surface area (Å²) >= 11 is 1.40. The van der Waals surface area contributed by atoms with Crippen molar-refractivity contribution in [3.8, 4) is 11.5 Å². The molecule has 0 fully saturated rings. The van der Waals surface area contributed by atoms with Gasteiger partial charge in [-0.15, -0.1) is 16.2 Å². The summed E-state index contributed by atoms with van der Waals surface area (Å²) in [6, 6.07) is 6.01. The highest BCUT2D eigenvalue weighted by Crippen LogP contribution is 2.31. The van der Waals surface area contributed by atoms with Gasteiger partial charge in [0.05, 0.1) is 24.0 Å². The summed E-state index contributed by atoms with van der Waals surface area (Å²) in [5, 5.41) is 0. The fourth-order valence-electron chi connectivity index (χ4n) is 2.66. The molecule has 1 amide bonds. The Kier molecular flexibility index (Phi) is 4.98. The number of thiophene rings is 1. The van der Waals surface area contributed by atoms with Crippen LogP contribution in [0.5, 0.6) is 11.5 Å². The smallest absolute Gasteiger partial charge is 0.276 e. The summed E-state index contributed by atoms with van der Waals surface area (Å²) < 4.78 is 34.9. The van der Waals surface area contributed by atoms with E-state index in [1.54, 1.807) is 0 Å². The topological polar surface area (TPSA) is 93.7 Å². The lowest BCUT2D eigenvalue weighted by atomic mass is 10.2. The maximum absolute atomic E-state index is 12.4. The minimum absolute atomic E-state index is 0.0425. The molecule has 1 aromatic heterocycles. The second kappa shape index (κ2) is 7.03. The Morgan fingerprint density at radius 2 is 1.88 bits per heavy atom. The summed E-state index contributed by atoms with van der Waals surface area (Å²) in [7, 11) is -1.05. The van der Waals surface area contributed by atoms with Crippen LogP contribution in [0.3, 0.4) is 0 Å². The van der Waals surface area contributed by atoms with E-state index in [4.69, 9.17) is 9.47 Å². The molecule has 7 nitrogen and oxygen atoms in total. The second-order valence-corrected chi connectivity index (χ2v) is 8.31. The van der Waals surface area contributed by atoms with Gasteiger partial charge >= 0.3 is 0 Å². The first-order valence-corrected chi connectivity index (χ1v) is 9.90. The third-order valence-corrected chi connectivity index (χ3v) is 6.42. The molecule has 0 radical (unpaired) electrons. The number of carbonyl (C=O) groups is 1. The van der Waals surface area contributed by atoms with E-state index in [1.807, 2.05) is 6.07 Å². The number of sulfonamides is 1. The number of rotatable bonds is 6. The molecule has 0 saturated carbocycles. The number of amides is 1. The number of aryl methyl sites for hydroxylation is 2. The van der Waals surface area contributed by atoms with Crippen LogP contribution < -0.4 is 19.7 Å². The van der Waals surface area contributed by atoms with Crippen LogP contribution in [0.15, 0.2) is 29.2 Å². The van der Waals surface area contributed by atoms with Crippen molar-refractivity contribution >= 4 is 27.3 Å². The minimum Gasteiger partial charge on any atom is -0.493 e. The van der Waals surface area contributed by atoms with E-state index in [1.165, 1.54) is 54.2 Å². The van der Waals surface area contributed by atoms with E-state index in [2.05, 4.69) is 10.3 Å². The van der Waals surface area contributed by atoms with Gasteiger partial charge in [-0.25, -0.2) is 8.42 Å². The minimum atomic E-state index is -3.93. The van der Waals surface area contributed by atoms with E-state index in [0.717, 1.165) is 19.3 Å². The number of hydrogen-bond donors (Lipinski definition) is 2. The molecule has 3 rings (SSSR count). The van der Waals surface area contributed by atoms with Crippen molar-refractivity contribution in [2.24, 2.45) is 0 Å². The average Bonchev–Trinajstić information content (AvgIpc) is 3.21. The van der Waals surface area contributed by atoms with E-state index < -0.39 is 15.9 Å². The molecule has 134 valence electrons. The summed E-state index contributed by atoms with van der Waals surface area (Å²) in [5.41, 5.74) is 3.43. The highest BCUT2D eigenvalue weighted by Gasteiger charge is 2.21. The van der Waals surface area contributed by atoms with Crippen molar-refractivity contribution in [1.82, 2.24) is 10.3 Å². The number of hydrogen-bond acceptors (Lipinski definition) is 6. The Hall–Kier alpha value is -2.10. The fourth-order valence-corrected chi connectivity index (χ4v) is 4.66. The lowest BCUT2D eigenvalue weighted by Gasteiger charge is -2.11. The number of methoxy groups -OCH3 is 2. The van der Waals surface area contributed by atoms with Crippen LogP contribution in [0.4, 0.5) is 0 Å². The van der Waals surface area contributed by atoms with Crippen LogP contribution in [-0.4, -0.2) is 28.5 Å². The van der Waals surface area contributed by atoms with Gasteiger partial charge in [0, 0.05) is 10.9 Å². The van der Waals surface area contributed by atoms with Gasteiger partial charge in [-0.2, -0.15) is 0 Å². The number of hydrazine groups is 1. The van der Waals surface area contributed by atoms with E-state index in [-0.39, 0.29) is 10.6 Å². The standard InChI is InChI=1S/C16H18N2O5S2/c1-22-12-7-6-11(9-13(12)23-2)25(20,21)18-17-16(19)15-8-10-4-3-5-14(10)24-15/h6-9,18H,3-5H2,1-2H3,(H,17,19). The Morgan fingerprint density at radius 3 is 2.56 bits per heavy atom. The first-order valence-electron chi connectivity index (χ1n) is 7.60. The molecule has 1 heterocycles. The van der Waals surface area contributed by atoms with Crippen LogP contribution in [-0.2, 0) is 22.9 Å². The summed E-state index contributed by atoms with van der Waals surface area (Å²) in [5.74, 6) is 0.230. The lowest BCUT2D eigenvalue weighted by Crippen LogP contribution is -2.41. The van der Waals surface area contributed by atoms with E-state index >= 15 is 0 Å². The maximum atomic E-state index is 12.4. The van der Waals surface area contributed by atoms with Gasteiger partial charge < -0.3 is 9.47 Å². The Morgan fingerprint density at radius 1 is 1.12 bits per heavy atom. The molecule has 0 bridgehead atoms. The molecular formula is C16H18N2O5S2. The second-order valence-electron chi connectivity index (χ2n) is 5.49. The third-order valence-electron chi connectivity index (χ3n) is 3.93. The number of fused-ring (bicyclic) bond motifs is 1. The van der Waals surface area contributed by atoms with Gasteiger partial charge in [-0.3, -0.25) is 10.2 Å². The zero-order valence-electron chi connectivity index (χ0n) is 13.8. The molecule has 0 unspecified atom stereocenters. The van der Waals surface area contributed by atoms with Crippen LogP contribution in [0.1, 0.15) is 26.5 Å². The Labute approximate surface area is 150 Å². The molecule has 0 saturated heterocycles. The zero-order chi connectivity index (χ0) is 18.0. The van der Waals surface area contributed by atoms with Crippen LogP contribution in [0, 0.1) is 0 Å². The number of nitrogens with one attached hydrogen (secondary N) is 2. The number of carbonyl (C=O) groups excluding carboxylic acids is 1. The van der Waals surface area contributed by atoms with E-state index in [0.29, 0.717) is 10.6 Å². The van der Waals surface area contributed by atoms with Crippen molar-refractivity contribution in [3.63, 3.8) is 0 Å². The summed E-state index contributed by atoms with van der Waals surface area (Å²) in [6.07, 6.45) is 3.05. The number of benzene rings is 1. The van der Waals surface area contributed by atoms with Crippen molar-refractivity contribution in [2.75, 3.05) is 14.2 Å². The Bertz CT molecular complexity index is 884. The first kappa shape index (κ1) is 17.7. The molecule has 1 aliphatic carbocycles. The van der Waals surface area contributed by atoms with Gasteiger partial charge in [-0.1, -0.05) is 0 Å². The molecule has 2 N–H and O–H groups in total. The predicted octanol–water partition coefficient (Wildman–Crippen LogP) is 1.88. The SMILES string of the molecule is COc1ccc(S(=O)(=O)NNC(=O)c2cc3c(s2)CCC3)cc1OC. The normalized spacial score (nSPS) is 13.4. The average molecular weight is 382 g/mol. The largest absolute Gasteiger partial charge is 0.493 e. The molecule has 25 heavy (non-hydrogen) atoms. The highest BCUT2D eigenvalue weighted by atomic mass is 32.2. The van der Waals surface area contributed by atoms with Crippen molar-refractivity contribution in [3.05, 3.63) is 39.6 Å². The van der Waals surface area contributed by atoms with Crippen molar-refractivity contribution in [2.45, 2.75) is 24.2 Å². The van der Waals surface area contributed by atoms with Gasteiger partial charge in [-0.05, 0) is 43.0 Å². The predicted molar refractivity (Wildman–Crippen MR) is 93.7 cm³/mol. The van der Waals surface area contributed by atoms with Gasteiger partial charge in [0.1, 0.15) is 0 Å². The fraction of sp³-hybridized carbons (Fsp3) is 0.312. The quantitative estimate of drug-likeness (QED) is 0.744. The molecule has 1 aromatic carbocycles. The maximum Gasteiger partial charge on any atom is 0.276 e. The van der Waals surface area contributed by atoms with E-state index in [9.17, 15) is 13.2 Å². The molecule has 0 aliphatic heterocycles. The summed E-state index contributed by atoms with van der Waals surface area (Å²) in [6.45, 7) is 0. The first-order chi connectivity index (χ1) is 11.9. The molecule has 1 aliphatic rings. The Balaban J connectivity index is 1.71. The number of ether oxygens (including phenoxy) is 2.